The summed E-state index contributed by atoms with van der Waals surface area (Å²) in [6.07, 6.45) is 0.914. The van der Waals surface area contributed by atoms with E-state index in [4.69, 9.17) is 5.73 Å². The third kappa shape index (κ3) is 4.52. The highest BCUT2D eigenvalue weighted by atomic mass is 32.2. The van der Waals surface area contributed by atoms with Crippen molar-refractivity contribution >= 4 is 23.5 Å². The number of nitrogens with zero attached hydrogens (tertiary/aromatic N) is 2. The molecule has 6 heteroatoms. The molecule has 3 N–H and O–H groups in total. The molecule has 1 amide bonds. The molecule has 0 saturated carbocycles. The lowest BCUT2D eigenvalue weighted by atomic mass is 10.2. The first-order chi connectivity index (χ1) is 8.42. The molecule has 0 aliphatic rings. The summed E-state index contributed by atoms with van der Waals surface area (Å²) in [5.74, 6) is 0.428. The van der Waals surface area contributed by atoms with E-state index in [0.29, 0.717) is 11.0 Å². The maximum absolute atomic E-state index is 11.9. The number of carbonyl (C=O) groups excluding carboxylic acids is 1. The normalized spacial score (nSPS) is 14.0. The van der Waals surface area contributed by atoms with Crippen molar-refractivity contribution in [2.45, 2.75) is 50.6 Å². The van der Waals surface area contributed by atoms with Crippen LogP contribution < -0.4 is 11.1 Å². The number of thioether (sulfide) groups is 1. The van der Waals surface area contributed by atoms with E-state index in [2.05, 4.69) is 15.3 Å². The van der Waals surface area contributed by atoms with Crippen LogP contribution in [0.1, 0.15) is 32.9 Å². The van der Waals surface area contributed by atoms with Crippen molar-refractivity contribution in [1.29, 1.82) is 0 Å². The Morgan fingerprint density at radius 3 is 2.72 bits per heavy atom. The SMILES string of the molecule is CC[C@@H](C)NC(=O)[C@@H](C)Sc1nc(C)cc(N)n1. The number of anilines is 1. The molecular formula is C12H20N4OS. The second-order valence-electron chi connectivity index (χ2n) is 4.29. The van der Waals surface area contributed by atoms with Crippen LogP contribution >= 0.6 is 11.8 Å². The number of nitrogen functional groups attached to an aromatic ring is 1. The van der Waals surface area contributed by atoms with Crippen LogP contribution in [-0.2, 0) is 4.79 Å². The number of rotatable bonds is 5. The largest absolute Gasteiger partial charge is 0.384 e. The smallest absolute Gasteiger partial charge is 0.233 e. The molecular weight excluding hydrogens is 248 g/mol. The standard InChI is InChI=1S/C12H20N4OS/c1-5-7(2)14-11(17)9(4)18-12-15-8(3)6-10(13)16-12/h6-7,9H,5H2,1-4H3,(H,14,17)(H2,13,15,16)/t7-,9-/m1/s1. The van der Waals surface area contributed by atoms with E-state index in [1.165, 1.54) is 11.8 Å². The number of aromatic nitrogens is 2. The summed E-state index contributed by atoms with van der Waals surface area (Å²) in [5, 5.41) is 3.24. The first-order valence-electron chi connectivity index (χ1n) is 6.00. The minimum atomic E-state index is -0.236. The Balaban J connectivity index is 2.63. The number of carbonyl (C=O) groups is 1. The van der Waals surface area contributed by atoms with Crippen LogP contribution in [0.5, 0.6) is 0 Å². The molecule has 0 saturated heterocycles. The molecule has 0 aliphatic carbocycles. The van der Waals surface area contributed by atoms with Gasteiger partial charge in [0.15, 0.2) is 5.16 Å². The highest BCUT2D eigenvalue weighted by Crippen LogP contribution is 2.20. The lowest BCUT2D eigenvalue weighted by molar-refractivity contribution is -0.120. The fourth-order valence-electron chi connectivity index (χ4n) is 1.29. The van der Waals surface area contributed by atoms with Gasteiger partial charge < -0.3 is 11.1 Å². The number of hydrogen-bond donors (Lipinski definition) is 2. The molecule has 1 aromatic heterocycles. The zero-order valence-electron chi connectivity index (χ0n) is 11.2. The fraction of sp³-hybridized carbons (Fsp3) is 0.583. The van der Waals surface area contributed by atoms with E-state index in [-0.39, 0.29) is 17.2 Å². The van der Waals surface area contributed by atoms with Crippen molar-refractivity contribution in [2.24, 2.45) is 0 Å². The molecule has 0 fully saturated rings. The van der Waals surface area contributed by atoms with E-state index in [0.717, 1.165) is 12.1 Å². The zero-order chi connectivity index (χ0) is 13.7. The van der Waals surface area contributed by atoms with Crippen LogP contribution in [0.2, 0.25) is 0 Å². The van der Waals surface area contributed by atoms with Crippen molar-refractivity contribution in [2.75, 3.05) is 5.73 Å². The summed E-state index contributed by atoms with van der Waals surface area (Å²) in [6, 6.07) is 1.89. The molecule has 5 nitrogen and oxygen atoms in total. The molecule has 0 spiro atoms. The topological polar surface area (TPSA) is 80.9 Å². The Morgan fingerprint density at radius 2 is 2.17 bits per heavy atom. The predicted octanol–water partition coefficient (Wildman–Crippen LogP) is 1.76. The summed E-state index contributed by atoms with van der Waals surface area (Å²) in [5.41, 5.74) is 6.45. The summed E-state index contributed by atoms with van der Waals surface area (Å²) >= 11 is 1.32. The van der Waals surface area contributed by atoms with Gasteiger partial charge in [-0.15, -0.1) is 0 Å². The molecule has 100 valence electrons. The van der Waals surface area contributed by atoms with E-state index in [1.807, 2.05) is 27.7 Å². The minimum absolute atomic E-state index is 0.00183. The van der Waals surface area contributed by atoms with Crippen LogP contribution in [0.15, 0.2) is 11.2 Å². The Hall–Kier alpha value is -1.30. The molecule has 0 unspecified atom stereocenters. The second-order valence-corrected chi connectivity index (χ2v) is 5.60. The van der Waals surface area contributed by atoms with E-state index in [9.17, 15) is 4.79 Å². The maximum atomic E-state index is 11.9. The lowest BCUT2D eigenvalue weighted by Crippen LogP contribution is -2.37. The average Bonchev–Trinajstić information content (AvgIpc) is 2.27. The predicted molar refractivity (Wildman–Crippen MR) is 74.4 cm³/mol. The number of nitrogens with one attached hydrogen (secondary N) is 1. The van der Waals surface area contributed by atoms with Gasteiger partial charge in [-0.2, -0.15) is 0 Å². The number of amides is 1. The lowest BCUT2D eigenvalue weighted by Gasteiger charge is -2.15. The van der Waals surface area contributed by atoms with E-state index >= 15 is 0 Å². The van der Waals surface area contributed by atoms with Crippen molar-refractivity contribution in [1.82, 2.24) is 15.3 Å². The van der Waals surface area contributed by atoms with Crippen molar-refractivity contribution in [3.8, 4) is 0 Å². The highest BCUT2D eigenvalue weighted by molar-refractivity contribution is 8.00. The molecule has 0 aliphatic heterocycles. The molecule has 18 heavy (non-hydrogen) atoms. The van der Waals surface area contributed by atoms with Gasteiger partial charge in [-0.05, 0) is 27.2 Å². The first-order valence-corrected chi connectivity index (χ1v) is 6.88. The molecule has 0 radical (unpaired) electrons. The third-order valence-corrected chi connectivity index (χ3v) is 3.47. The summed E-state index contributed by atoms with van der Waals surface area (Å²) in [6.45, 7) is 7.71. The van der Waals surface area contributed by atoms with Gasteiger partial charge in [-0.3, -0.25) is 4.79 Å². The Morgan fingerprint density at radius 1 is 1.50 bits per heavy atom. The quantitative estimate of drug-likeness (QED) is 0.628. The van der Waals surface area contributed by atoms with Gasteiger partial charge >= 0.3 is 0 Å². The van der Waals surface area contributed by atoms with Crippen molar-refractivity contribution in [3.05, 3.63) is 11.8 Å². The number of hydrogen-bond acceptors (Lipinski definition) is 5. The first kappa shape index (κ1) is 14.8. The molecule has 1 heterocycles. The number of nitrogens with two attached hydrogens (primary N) is 1. The van der Waals surface area contributed by atoms with Gasteiger partial charge in [0, 0.05) is 17.8 Å². The zero-order valence-corrected chi connectivity index (χ0v) is 12.0. The van der Waals surface area contributed by atoms with E-state index < -0.39 is 0 Å². The number of aryl methyl sites for hydroxylation is 1. The molecule has 0 bridgehead atoms. The van der Waals surface area contributed by atoms with Crippen LogP contribution in [0.3, 0.4) is 0 Å². The van der Waals surface area contributed by atoms with Crippen LogP contribution in [-0.4, -0.2) is 27.2 Å². The Kier molecular flexibility index (Phi) is 5.40. The fourth-order valence-corrected chi connectivity index (χ4v) is 2.14. The molecule has 1 rings (SSSR count). The van der Waals surface area contributed by atoms with Gasteiger partial charge in [-0.1, -0.05) is 18.7 Å². The van der Waals surface area contributed by atoms with Crippen LogP contribution in [0.25, 0.3) is 0 Å². The van der Waals surface area contributed by atoms with Gasteiger partial charge in [0.05, 0.1) is 5.25 Å². The molecule has 1 aromatic rings. The Bertz CT molecular complexity index is 404. The summed E-state index contributed by atoms with van der Waals surface area (Å²) < 4.78 is 0. The second kappa shape index (κ2) is 6.58. The highest BCUT2D eigenvalue weighted by Gasteiger charge is 2.17. The molecule has 0 aromatic carbocycles. The van der Waals surface area contributed by atoms with Crippen LogP contribution in [0.4, 0.5) is 5.82 Å². The van der Waals surface area contributed by atoms with Crippen LogP contribution in [0, 0.1) is 6.92 Å². The van der Waals surface area contributed by atoms with Gasteiger partial charge in [-0.25, -0.2) is 9.97 Å². The monoisotopic (exact) mass is 268 g/mol. The van der Waals surface area contributed by atoms with Gasteiger partial charge in [0.1, 0.15) is 5.82 Å². The minimum Gasteiger partial charge on any atom is -0.384 e. The maximum Gasteiger partial charge on any atom is 0.233 e. The van der Waals surface area contributed by atoms with E-state index in [1.54, 1.807) is 6.07 Å². The Labute approximate surface area is 112 Å². The van der Waals surface area contributed by atoms with Gasteiger partial charge in [0.2, 0.25) is 5.91 Å². The van der Waals surface area contributed by atoms with Crippen molar-refractivity contribution in [3.63, 3.8) is 0 Å². The summed E-state index contributed by atoms with van der Waals surface area (Å²) in [4.78, 5) is 20.2. The summed E-state index contributed by atoms with van der Waals surface area (Å²) in [7, 11) is 0. The molecule has 2 atom stereocenters. The van der Waals surface area contributed by atoms with Crippen molar-refractivity contribution < 1.29 is 4.79 Å². The van der Waals surface area contributed by atoms with Gasteiger partial charge in [0.25, 0.3) is 0 Å². The average molecular weight is 268 g/mol. The third-order valence-electron chi connectivity index (χ3n) is 2.51.